The molecule has 4 nitrogen and oxygen atoms in total. The molecule has 0 radical (unpaired) electrons. The molecule has 0 bridgehead atoms. The maximum Gasteiger partial charge on any atom is 0.172 e. The number of ether oxygens (including phenoxy) is 1. The number of rotatable bonds is 5. The Morgan fingerprint density at radius 3 is 2.50 bits per heavy atom. The van der Waals surface area contributed by atoms with E-state index in [1.165, 1.54) is 0 Å². The Kier molecular flexibility index (Phi) is 7.62. The van der Waals surface area contributed by atoms with Crippen molar-refractivity contribution in [2.75, 3.05) is 6.61 Å². The van der Waals surface area contributed by atoms with Crippen molar-refractivity contribution in [3.8, 4) is 11.5 Å². The monoisotopic (exact) mass is 339 g/mol. The van der Waals surface area contributed by atoms with Crippen LogP contribution in [-0.4, -0.2) is 22.9 Å². The van der Waals surface area contributed by atoms with Crippen molar-refractivity contribution in [2.24, 2.45) is 5.73 Å². The number of aliphatic hydroxyl groups excluding tert-OH is 1. The molecule has 1 aromatic carbocycles. The summed E-state index contributed by atoms with van der Waals surface area (Å²) >= 11 is 3.24. The first kappa shape index (κ1) is 17.5. The van der Waals surface area contributed by atoms with Crippen LogP contribution in [0.25, 0.3) is 0 Å². The third-order valence-electron chi connectivity index (χ3n) is 2.57. The maximum atomic E-state index is 9.76. The number of hydrogen-bond acceptors (Lipinski definition) is 4. The molecule has 0 fully saturated rings. The predicted molar refractivity (Wildman–Crippen MR) is 77.5 cm³/mol. The van der Waals surface area contributed by atoms with Gasteiger partial charge in [0.1, 0.15) is 0 Å². The van der Waals surface area contributed by atoms with Crippen LogP contribution in [0.2, 0.25) is 0 Å². The van der Waals surface area contributed by atoms with Gasteiger partial charge in [-0.1, -0.05) is 6.92 Å². The summed E-state index contributed by atoms with van der Waals surface area (Å²) in [4.78, 5) is 0. The van der Waals surface area contributed by atoms with Crippen molar-refractivity contribution < 1.29 is 14.9 Å². The Labute approximate surface area is 122 Å². The van der Waals surface area contributed by atoms with Gasteiger partial charge in [0.05, 0.1) is 23.2 Å². The van der Waals surface area contributed by atoms with Gasteiger partial charge in [-0.3, -0.25) is 0 Å². The lowest BCUT2D eigenvalue weighted by molar-refractivity contribution is 0.140. The van der Waals surface area contributed by atoms with Crippen LogP contribution in [0.5, 0.6) is 11.5 Å². The third-order valence-corrected chi connectivity index (χ3v) is 3.17. The molecule has 6 heteroatoms. The van der Waals surface area contributed by atoms with Crippen LogP contribution in [0.3, 0.4) is 0 Å². The Morgan fingerprint density at radius 1 is 1.39 bits per heavy atom. The van der Waals surface area contributed by atoms with E-state index < -0.39 is 12.1 Å². The van der Waals surface area contributed by atoms with Crippen LogP contribution < -0.4 is 10.5 Å². The summed E-state index contributed by atoms with van der Waals surface area (Å²) in [5.41, 5.74) is 6.65. The van der Waals surface area contributed by atoms with Crippen molar-refractivity contribution in [2.45, 2.75) is 32.4 Å². The van der Waals surface area contributed by atoms with Gasteiger partial charge in [0.2, 0.25) is 0 Å². The van der Waals surface area contributed by atoms with Gasteiger partial charge in [-0.05, 0) is 47.0 Å². The fraction of sp³-hybridized carbons (Fsp3) is 0.500. The minimum absolute atomic E-state index is 0. The molecule has 0 heterocycles. The van der Waals surface area contributed by atoms with Gasteiger partial charge in [0.25, 0.3) is 0 Å². The highest BCUT2D eigenvalue weighted by molar-refractivity contribution is 9.10. The van der Waals surface area contributed by atoms with Gasteiger partial charge in [-0.15, -0.1) is 12.4 Å². The normalized spacial score (nSPS) is 13.6. The molecule has 0 amide bonds. The molecule has 0 saturated carbocycles. The van der Waals surface area contributed by atoms with Gasteiger partial charge < -0.3 is 20.7 Å². The van der Waals surface area contributed by atoms with Crippen LogP contribution in [0, 0.1) is 0 Å². The summed E-state index contributed by atoms with van der Waals surface area (Å²) in [6.07, 6.45) is -0.0372. The van der Waals surface area contributed by atoms with E-state index in [1.54, 1.807) is 12.1 Å². The molecule has 1 aromatic rings. The van der Waals surface area contributed by atoms with Gasteiger partial charge in [-0.2, -0.15) is 0 Å². The lowest BCUT2D eigenvalue weighted by atomic mass is 10.0. The fourth-order valence-corrected chi connectivity index (χ4v) is 1.99. The zero-order valence-corrected chi connectivity index (χ0v) is 12.8. The number of phenolic OH excluding ortho intramolecular Hbond substituents is 1. The molecule has 0 aromatic heterocycles. The van der Waals surface area contributed by atoms with E-state index in [4.69, 9.17) is 10.5 Å². The minimum Gasteiger partial charge on any atom is -0.503 e. The van der Waals surface area contributed by atoms with Crippen LogP contribution in [-0.2, 0) is 0 Å². The van der Waals surface area contributed by atoms with E-state index in [0.717, 1.165) is 5.56 Å². The van der Waals surface area contributed by atoms with E-state index in [2.05, 4.69) is 15.9 Å². The second kappa shape index (κ2) is 7.84. The van der Waals surface area contributed by atoms with Crippen LogP contribution >= 0.6 is 28.3 Å². The number of aliphatic hydroxyl groups is 1. The number of aromatic hydroxyl groups is 1. The molecule has 104 valence electrons. The molecule has 0 aliphatic heterocycles. The van der Waals surface area contributed by atoms with Crippen LogP contribution in [0.4, 0.5) is 0 Å². The van der Waals surface area contributed by atoms with Gasteiger partial charge in [-0.25, -0.2) is 0 Å². The quantitative estimate of drug-likeness (QED) is 0.770. The van der Waals surface area contributed by atoms with Gasteiger partial charge in [0, 0.05) is 0 Å². The molecule has 0 aliphatic carbocycles. The van der Waals surface area contributed by atoms with E-state index in [0.29, 0.717) is 23.2 Å². The summed E-state index contributed by atoms with van der Waals surface area (Å²) in [5, 5.41) is 19.5. The smallest absolute Gasteiger partial charge is 0.172 e. The van der Waals surface area contributed by atoms with Crippen molar-refractivity contribution in [3.63, 3.8) is 0 Å². The Hall–Kier alpha value is -0.490. The molecule has 1 rings (SSSR count). The second-order valence-electron chi connectivity index (χ2n) is 3.78. The summed E-state index contributed by atoms with van der Waals surface area (Å²) in [7, 11) is 0. The summed E-state index contributed by atoms with van der Waals surface area (Å²) in [5.74, 6) is 0.421. The highest BCUT2D eigenvalue weighted by Gasteiger charge is 2.18. The number of hydrogen-bond donors (Lipinski definition) is 3. The zero-order chi connectivity index (χ0) is 13.0. The van der Waals surface area contributed by atoms with Gasteiger partial charge in [0.15, 0.2) is 11.5 Å². The average Bonchev–Trinajstić information content (AvgIpc) is 2.33. The van der Waals surface area contributed by atoms with Crippen molar-refractivity contribution in [1.82, 2.24) is 0 Å². The topological polar surface area (TPSA) is 75.7 Å². The Balaban J connectivity index is 0.00000289. The largest absolute Gasteiger partial charge is 0.503 e. The van der Waals surface area contributed by atoms with Crippen LogP contribution in [0.1, 0.15) is 31.9 Å². The number of nitrogens with two attached hydrogens (primary N) is 1. The zero-order valence-electron chi connectivity index (χ0n) is 10.4. The van der Waals surface area contributed by atoms with Crippen molar-refractivity contribution in [1.29, 1.82) is 0 Å². The molecule has 0 spiro atoms. The molecule has 0 saturated heterocycles. The summed E-state index contributed by atoms with van der Waals surface area (Å²) in [6.45, 7) is 4.15. The molecule has 0 aliphatic rings. The molecule has 4 N–H and O–H groups in total. The number of halogens is 2. The Bertz CT molecular complexity index is 390. The lowest BCUT2D eigenvalue weighted by Crippen LogP contribution is -2.25. The van der Waals surface area contributed by atoms with Crippen molar-refractivity contribution >= 4 is 28.3 Å². The molecule has 18 heavy (non-hydrogen) atoms. The molecule has 0 unspecified atom stereocenters. The third kappa shape index (κ3) is 4.02. The first-order valence-electron chi connectivity index (χ1n) is 5.60. The predicted octanol–water partition coefficient (Wildman–Crippen LogP) is 2.75. The van der Waals surface area contributed by atoms with Crippen molar-refractivity contribution in [3.05, 3.63) is 22.2 Å². The highest BCUT2D eigenvalue weighted by Crippen LogP contribution is 2.37. The van der Waals surface area contributed by atoms with E-state index in [1.807, 2.05) is 13.8 Å². The second-order valence-corrected chi connectivity index (χ2v) is 4.64. The van der Waals surface area contributed by atoms with E-state index >= 15 is 0 Å². The highest BCUT2D eigenvalue weighted by atomic mass is 79.9. The number of phenols is 1. The first-order chi connectivity index (χ1) is 8.01. The minimum atomic E-state index is -0.610. The summed E-state index contributed by atoms with van der Waals surface area (Å²) in [6, 6.07) is 2.87. The first-order valence-corrected chi connectivity index (χ1v) is 6.39. The standard InChI is InChI=1S/C12H18BrNO3.ClH/c1-3-9(15)11(14)7-5-8(13)12(16)10(6-7)17-4-2;/h5-6,9,11,15-16H,3-4,14H2,1-2H3;1H/t9-,11+;/m1./s1. The van der Waals surface area contributed by atoms with E-state index in [-0.39, 0.29) is 18.2 Å². The molecular formula is C12H19BrClNO3. The van der Waals surface area contributed by atoms with Gasteiger partial charge >= 0.3 is 0 Å². The average molecular weight is 341 g/mol. The van der Waals surface area contributed by atoms with E-state index in [9.17, 15) is 10.2 Å². The fourth-order valence-electron chi connectivity index (χ4n) is 1.53. The summed E-state index contributed by atoms with van der Waals surface area (Å²) < 4.78 is 5.82. The number of benzene rings is 1. The van der Waals surface area contributed by atoms with Crippen LogP contribution in [0.15, 0.2) is 16.6 Å². The molecule has 2 atom stereocenters. The molecular weight excluding hydrogens is 321 g/mol. The Morgan fingerprint density at radius 2 is 2.00 bits per heavy atom. The lowest BCUT2D eigenvalue weighted by Gasteiger charge is -2.19. The SMILES string of the molecule is CCOc1cc([C@H](N)[C@H](O)CC)cc(Br)c1O.Cl. The maximum absolute atomic E-state index is 9.76.